The van der Waals surface area contributed by atoms with E-state index in [2.05, 4.69) is 51.1 Å². The van der Waals surface area contributed by atoms with Crippen molar-refractivity contribution in [1.29, 1.82) is 0 Å². The summed E-state index contributed by atoms with van der Waals surface area (Å²) < 4.78 is 6.11. The summed E-state index contributed by atoms with van der Waals surface area (Å²) in [5.41, 5.74) is 0.348. The summed E-state index contributed by atoms with van der Waals surface area (Å²) in [6.07, 6.45) is 9.30. The third-order valence-corrected chi connectivity index (χ3v) is 7.17. The SMILES string of the molecule is CCC(C)(C)C1C=CC(Sc2ccc(Oc3cccc4c(O)cccc34)cc2)=CC1. The van der Waals surface area contributed by atoms with Gasteiger partial charge in [0, 0.05) is 20.6 Å². The summed E-state index contributed by atoms with van der Waals surface area (Å²) in [4.78, 5) is 2.50. The summed E-state index contributed by atoms with van der Waals surface area (Å²) in [6, 6.07) is 19.4. The van der Waals surface area contributed by atoms with Gasteiger partial charge in [-0.1, -0.05) is 81.4 Å². The molecule has 0 saturated heterocycles. The van der Waals surface area contributed by atoms with E-state index >= 15 is 0 Å². The van der Waals surface area contributed by atoms with Crippen molar-refractivity contribution in [3.05, 3.63) is 83.8 Å². The number of phenols is 1. The quantitative estimate of drug-likeness (QED) is 0.438. The molecule has 3 aromatic rings. The predicted molar refractivity (Wildman–Crippen MR) is 127 cm³/mol. The lowest BCUT2D eigenvalue weighted by molar-refractivity contribution is 0.249. The molecule has 1 unspecified atom stereocenters. The molecule has 0 spiro atoms. The maximum Gasteiger partial charge on any atom is 0.135 e. The molecule has 30 heavy (non-hydrogen) atoms. The van der Waals surface area contributed by atoms with Gasteiger partial charge in [0.15, 0.2) is 0 Å². The first-order valence-corrected chi connectivity index (χ1v) is 11.3. The molecule has 3 heteroatoms. The number of benzene rings is 3. The second-order valence-electron chi connectivity index (χ2n) is 8.45. The molecular formula is C27H28O2S. The van der Waals surface area contributed by atoms with Crippen molar-refractivity contribution in [2.75, 3.05) is 0 Å². The Morgan fingerprint density at radius 3 is 2.43 bits per heavy atom. The summed E-state index contributed by atoms with van der Waals surface area (Å²) in [6.45, 7) is 6.97. The molecule has 1 aliphatic rings. The molecule has 0 aliphatic heterocycles. The number of ether oxygens (including phenoxy) is 1. The molecule has 2 nitrogen and oxygen atoms in total. The van der Waals surface area contributed by atoms with Gasteiger partial charge >= 0.3 is 0 Å². The van der Waals surface area contributed by atoms with Crippen LogP contribution in [-0.2, 0) is 0 Å². The van der Waals surface area contributed by atoms with Crippen molar-refractivity contribution in [3.63, 3.8) is 0 Å². The molecule has 0 bridgehead atoms. The minimum atomic E-state index is 0.267. The van der Waals surface area contributed by atoms with Crippen LogP contribution in [0.5, 0.6) is 17.2 Å². The monoisotopic (exact) mass is 416 g/mol. The third kappa shape index (κ3) is 4.41. The van der Waals surface area contributed by atoms with Gasteiger partial charge in [0.25, 0.3) is 0 Å². The predicted octanol–water partition coefficient (Wildman–Crippen LogP) is 8.33. The summed E-state index contributed by atoms with van der Waals surface area (Å²) in [5.74, 6) is 2.41. The van der Waals surface area contributed by atoms with Gasteiger partial charge < -0.3 is 9.84 Å². The van der Waals surface area contributed by atoms with Crippen molar-refractivity contribution >= 4 is 22.5 Å². The fraction of sp³-hybridized carbons (Fsp3) is 0.259. The van der Waals surface area contributed by atoms with Crippen LogP contribution in [-0.4, -0.2) is 5.11 Å². The van der Waals surface area contributed by atoms with E-state index in [1.807, 2.05) is 42.5 Å². The van der Waals surface area contributed by atoms with Crippen molar-refractivity contribution in [1.82, 2.24) is 0 Å². The fourth-order valence-corrected chi connectivity index (χ4v) is 4.58. The Hall–Kier alpha value is -2.65. The lowest BCUT2D eigenvalue weighted by Gasteiger charge is -2.32. The molecule has 0 heterocycles. The van der Waals surface area contributed by atoms with Crippen LogP contribution >= 0.6 is 11.8 Å². The molecule has 154 valence electrons. The van der Waals surface area contributed by atoms with Crippen LogP contribution in [0, 0.1) is 11.3 Å². The number of hydrogen-bond acceptors (Lipinski definition) is 3. The van der Waals surface area contributed by atoms with Gasteiger partial charge in [-0.3, -0.25) is 0 Å². The lowest BCUT2D eigenvalue weighted by Crippen LogP contribution is -2.22. The van der Waals surface area contributed by atoms with Crippen molar-refractivity contribution in [2.45, 2.75) is 38.5 Å². The van der Waals surface area contributed by atoms with E-state index in [0.717, 1.165) is 28.7 Å². The van der Waals surface area contributed by atoms with Crippen molar-refractivity contribution < 1.29 is 9.84 Å². The zero-order valence-electron chi connectivity index (χ0n) is 17.8. The third-order valence-electron chi connectivity index (χ3n) is 6.13. The maximum absolute atomic E-state index is 10.1. The van der Waals surface area contributed by atoms with Crippen LogP contribution in [0.2, 0.25) is 0 Å². The van der Waals surface area contributed by atoms with Crippen LogP contribution in [0.3, 0.4) is 0 Å². The maximum atomic E-state index is 10.1. The Labute approximate surface area is 183 Å². The zero-order chi connectivity index (χ0) is 21.1. The Morgan fingerprint density at radius 1 is 1.00 bits per heavy atom. The molecular weight excluding hydrogens is 388 g/mol. The molecule has 1 aliphatic carbocycles. The van der Waals surface area contributed by atoms with E-state index < -0.39 is 0 Å². The molecule has 0 aromatic heterocycles. The molecule has 1 atom stereocenters. The minimum absolute atomic E-state index is 0.267. The highest BCUT2D eigenvalue weighted by Crippen LogP contribution is 2.40. The number of fused-ring (bicyclic) bond motifs is 1. The number of thioether (sulfide) groups is 1. The first kappa shape index (κ1) is 20.6. The Morgan fingerprint density at radius 2 is 1.73 bits per heavy atom. The first-order chi connectivity index (χ1) is 14.5. The van der Waals surface area contributed by atoms with Gasteiger partial charge in [-0.15, -0.1) is 0 Å². The second-order valence-corrected chi connectivity index (χ2v) is 9.60. The highest BCUT2D eigenvalue weighted by atomic mass is 32.2. The van der Waals surface area contributed by atoms with Gasteiger partial charge in [-0.05, 0) is 54.2 Å². The van der Waals surface area contributed by atoms with Crippen LogP contribution in [0.1, 0.15) is 33.6 Å². The van der Waals surface area contributed by atoms with E-state index in [4.69, 9.17) is 4.74 Å². The van der Waals surface area contributed by atoms with Gasteiger partial charge in [0.05, 0.1) is 0 Å². The van der Waals surface area contributed by atoms with Gasteiger partial charge in [-0.25, -0.2) is 0 Å². The molecule has 3 aromatic carbocycles. The fourth-order valence-electron chi connectivity index (χ4n) is 3.71. The van der Waals surface area contributed by atoms with Crippen LogP contribution in [0.25, 0.3) is 10.8 Å². The van der Waals surface area contributed by atoms with Gasteiger partial charge in [0.1, 0.15) is 17.2 Å². The first-order valence-electron chi connectivity index (χ1n) is 10.5. The zero-order valence-corrected chi connectivity index (χ0v) is 18.6. The van der Waals surface area contributed by atoms with Crippen LogP contribution in [0.15, 0.2) is 88.7 Å². The van der Waals surface area contributed by atoms with Crippen LogP contribution in [0.4, 0.5) is 0 Å². The van der Waals surface area contributed by atoms with E-state index in [9.17, 15) is 5.11 Å². The highest BCUT2D eigenvalue weighted by Gasteiger charge is 2.26. The van der Waals surface area contributed by atoms with Crippen LogP contribution < -0.4 is 4.74 Å². The normalized spacial score (nSPS) is 16.5. The molecule has 4 rings (SSSR count). The van der Waals surface area contributed by atoms with Crippen molar-refractivity contribution in [2.24, 2.45) is 11.3 Å². The van der Waals surface area contributed by atoms with E-state index in [0.29, 0.717) is 11.3 Å². The standard InChI is InChI=1S/C27H28O2S/c1-4-27(2,3)19-11-15-21(16-12-19)30-22-17-13-20(14-18-22)29-26-10-6-7-23-24(26)8-5-9-25(23)28/h5-11,13-19,28H,4,12H2,1-3H3. The van der Waals surface area contributed by atoms with Crippen molar-refractivity contribution in [3.8, 4) is 17.2 Å². The number of aromatic hydroxyl groups is 1. The average Bonchev–Trinajstić information content (AvgIpc) is 2.76. The van der Waals surface area contributed by atoms with Gasteiger partial charge in [0.2, 0.25) is 0 Å². The smallest absolute Gasteiger partial charge is 0.135 e. The number of rotatable bonds is 6. The van der Waals surface area contributed by atoms with E-state index in [-0.39, 0.29) is 5.75 Å². The summed E-state index contributed by atoms with van der Waals surface area (Å²) in [7, 11) is 0. The number of phenolic OH excluding ortho intramolecular Hbond substituents is 1. The number of allylic oxidation sites excluding steroid dienone is 3. The topological polar surface area (TPSA) is 29.5 Å². The molecule has 0 saturated carbocycles. The molecule has 0 fully saturated rings. The highest BCUT2D eigenvalue weighted by molar-refractivity contribution is 8.03. The molecule has 1 N–H and O–H groups in total. The Balaban J connectivity index is 1.44. The molecule has 0 radical (unpaired) electrons. The lowest BCUT2D eigenvalue weighted by atomic mass is 9.74. The Bertz CT molecular complexity index is 1090. The second kappa shape index (κ2) is 8.61. The molecule has 0 amide bonds. The van der Waals surface area contributed by atoms with Gasteiger partial charge in [-0.2, -0.15) is 0 Å². The number of hydrogen-bond donors (Lipinski definition) is 1. The average molecular weight is 417 g/mol. The summed E-state index contributed by atoms with van der Waals surface area (Å²) >= 11 is 1.79. The summed E-state index contributed by atoms with van der Waals surface area (Å²) in [5, 5.41) is 11.8. The van der Waals surface area contributed by atoms with E-state index in [1.54, 1.807) is 17.8 Å². The Kier molecular flexibility index (Phi) is 5.92. The largest absolute Gasteiger partial charge is 0.507 e. The minimum Gasteiger partial charge on any atom is -0.507 e. The van der Waals surface area contributed by atoms with E-state index in [1.165, 1.54) is 16.2 Å².